The van der Waals surface area contributed by atoms with E-state index in [9.17, 15) is 13.5 Å². The van der Waals surface area contributed by atoms with Gasteiger partial charge in [-0.05, 0) is 24.3 Å². The Balaban J connectivity index is 2.07. The Morgan fingerprint density at radius 1 is 1.00 bits per heavy atom. The molecule has 3 rings (SSSR count). The third-order valence-electron chi connectivity index (χ3n) is 2.79. The van der Waals surface area contributed by atoms with Gasteiger partial charge in [-0.1, -0.05) is 24.3 Å². The van der Waals surface area contributed by atoms with Gasteiger partial charge in [0.2, 0.25) is 0 Å². The van der Waals surface area contributed by atoms with Crippen LogP contribution in [0.4, 0.5) is 5.69 Å². The van der Waals surface area contributed by atoms with Crippen LogP contribution in [0.2, 0.25) is 0 Å². The van der Waals surface area contributed by atoms with Crippen molar-refractivity contribution in [2.45, 2.75) is 4.90 Å². The molecule has 0 atom stereocenters. The largest absolute Gasteiger partial charge is 0.506 e. The molecule has 2 N–H and O–H groups in total. The predicted molar refractivity (Wildman–Crippen MR) is 71.9 cm³/mol. The number of rotatable bonds is 1. The summed E-state index contributed by atoms with van der Waals surface area (Å²) < 4.78 is 27.4. The van der Waals surface area contributed by atoms with Crippen LogP contribution in [0.25, 0.3) is 0 Å². The average molecular weight is 274 g/mol. The third-order valence-corrected chi connectivity index (χ3v) is 4.12. The van der Waals surface area contributed by atoms with Gasteiger partial charge in [-0.25, -0.2) is 0 Å². The summed E-state index contributed by atoms with van der Waals surface area (Å²) in [6.45, 7) is 0. The molecule has 0 bridgehead atoms. The zero-order valence-corrected chi connectivity index (χ0v) is 10.6. The predicted octanol–water partition coefficient (Wildman–Crippen LogP) is 1.95. The molecule has 19 heavy (non-hydrogen) atoms. The second kappa shape index (κ2) is 4.10. The fraction of sp³-hybridized carbons (Fsp3) is 0. The molecule has 0 aliphatic carbocycles. The third kappa shape index (κ3) is 1.96. The lowest BCUT2D eigenvalue weighted by atomic mass is 10.2. The number of amidine groups is 1. The zero-order valence-electron chi connectivity index (χ0n) is 9.74. The van der Waals surface area contributed by atoms with E-state index in [1.54, 1.807) is 36.4 Å². The molecular weight excluding hydrogens is 264 g/mol. The number of nitrogens with one attached hydrogen (secondary N) is 1. The molecule has 0 unspecified atom stereocenters. The summed E-state index contributed by atoms with van der Waals surface area (Å²) >= 11 is 0. The van der Waals surface area contributed by atoms with Gasteiger partial charge >= 0.3 is 0 Å². The minimum absolute atomic E-state index is 0.0342. The first-order chi connectivity index (χ1) is 9.08. The molecular formula is C13H10N2O3S. The molecule has 1 aliphatic heterocycles. The van der Waals surface area contributed by atoms with E-state index in [0.717, 1.165) is 0 Å². The van der Waals surface area contributed by atoms with Crippen molar-refractivity contribution in [1.29, 1.82) is 0 Å². The summed E-state index contributed by atoms with van der Waals surface area (Å²) in [6.07, 6.45) is 0. The molecule has 1 heterocycles. The second-order valence-electron chi connectivity index (χ2n) is 4.05. The molecule has 0 saturated carbocycles. The Morgan fingerprint density at radius 3 is 2.47 bits per heavy atom. The molecule has 0 radical (unpaired) electrons. The van der Waals surface area contributed by atoms with E-state index in [4.69, 9.17) is 0 Å². The Hall–Kier alpha value is -2.34. The molecule has 0 saturated heterocycles. The maximum absolute atomic E-state index is 11.8. The number of phenolic OH excluding ortho intramolecular Hbond substituents is 1. The lowest BCUT2D eigenvalue weighted by Gasteiger charge is -2.07. The number of anilines is 1. The van der Waals surface area contributed by atoms with E-state index < -0.39 is 10.0 Å². The topological polar surface area (TPSA) is 78.8 Å². The standard InChI is InChI=1S/C13H10N2O3S/c16-11-7-3-2-6-10(11)14-13-9-5-1-4-8-12(9)19(17,18)15-13/h1-8,16H,(H,14,15). The maximum Gasteiger partial charge on any atom is 0.285 e. The van der Waals surface area contributed by atoms with Gasteiger partial charge in [0.15, 0.2) is 5.84 Å². The van der Waals surface area contributed by atoms with Gasteiger partial charge < -0.3 is 10.4 Å². The van der Waals surface area contributed by atoms with Gasteiger partial charge in [0.1, 0.15) is 10.6 Å². The molecule has 1 aliphatic rings. The minimum Gasteiger partial charge on any atom is -0.506 e. The van der Waals surface area contributed by atoms with Crippen molar-refractivity contribution < 1.29 is 13.5 Å². The minimum atomic E-state index is -3.64. The van der Waals surface area contributed by atoms with Gasteiger partial charge in [0.25, 0.3) is 10.0 Å². The van der Waals surface area contributed by atoms with Crippen LogP contribution in [0.15, 0.2) is 57.8 Å². The molecule has 0 amide bonds. The van der Waals surface area contributed by atoms with Crippen molar-refractivity contribution in [3.63, 3.8) is 0 Å². The number of hydrogen-bond acceptors (Lipinski definition) is 4. The lowest BCUT2D eigenvalue weighted by Crippen LogP contribution is -2.11. The number of aromatic hydroxyl groups is 1. The summed E-state index contributed by atoms with van der Waals surface area (Å²) in [5.74, 6) is 0.254. The van der Waals surface area contributed by atoms with Gasteiger partial charge in [0.05, 0.1) is 5.69 Å². The molecule has 6 heteroatoms. The number of hydrogen-bond donors (Lipinski definition) is 2. The summed E-state index contributed by atoms with van der Waals surface area (Å²) in [7, 11) is -3.64. The van der Waals surface area contributed by atoms with E-state index in [1.807, 2.05) is 0 Å². The first-order valence-electron chi connectivity index (χ1n) is 5.57. The van der Waals surface area contributed by atoms with E-state index in [0.29, 0.717) is 11.3 Å². The van der Waals surface area contributed by atoms with Crippen LogP contribution in [0.5, 0.6) is 5.75 Å². The zero-order chi connectivity index (χ0) is 13.5. The number of sulfonamides is 1. The van der Waals surface area contributed by atoms with Crippen LogP contribution in [0, 0.1) is 0 Å². The SMILES string of the molecule is O=S1(=O)N=C(Nc2ccccc2O)c2ccccc21. The summed E-state index contributed by atoms with van der Waals surface area (Å²) in [5, 5.41) is 12.5. The molecule has 96 valence electrons. The monoisotopic (exact) mass is 274 g/mol. The summed E-state index contributed by atoms with van der Waals surface area (Å²) in [5.41, 5.74) is 0.916. The fourth-order valence-corrected chi connectivity index (χ4v) is 3.08. The molecule has 0 spiro atoms. The van der Waals surface area contributed by atoms with Crippen molar-refractivity contribution in [2.24, 2.45) is 4.40 Å². The van der Waals surface area contributed by atoms with E-state index in [1.165, 1.54) is 12.1 Å². The van der Waals surface area contributed by atoms with Gasteiger partial charge in [-0.15, -0.1) is 4.40 Å². The van der Waals surface area contributed by atoms with Crippen LogP contribution in [-0.4, -0.2) is 19.4 Å². The molecule has 2 aromatic rings. The number of nitrogens with zero attached hydrogens (tertiary/aromatic N) is 1. The number of para-hydroxylation sites is 2. The Bertz CT molecular complexity index is 782. The smallest absolute Gasteiger partial charge is 0.285 e. The van der Waals surface area contributed by atoms with Crippen LogP contribution in [0.3, 0.4) is 0 Å². The maximum atomic E-state index is 11.8. The number of fused-ring (bicyclic) bond motifs is 1. The fourth-order valence-electron chi connectivity index (χ4n) is 1.90. The Kier molecular flexibility index (Phi) is 2.53. The summed E-state index contributed by atoms with van der Waals surface area (Å²) in [4.78, 5) is 0.174. The highest BCUT2D eigenvalue weighted by atomic mass is 32.2. The van der Waals surface area contributed by atoms with E-state index in [-0.39, 0.29) is 16.5 Å². The van der Waals surface area contributed by atoms with Gasteiger partial charge in [-0.3, -0.25) is 0 Å². The van der Waals surface area contributed by atoms with Crippen molar-refractivity contribution in [3.05, 3.63) is 54.1 Å². The first kappa shape index (κ1) is 11.7. The van der Waals surface area contributed by atoms with Crippen molar-refractivity contribution in [3.8, 4) is 5.75 Å². The molecule has 2 aromatic carbocycles. The Morgan fingerprint density at radius 2 is 1.68 bits per heavy atom. The lowest BCUT2D eigenvalue weighted by molar-refractivity contribution is 0.478. The van der Waals surface area contributed by atoms with Gasteiger partial charge in [-0.2, -0.15) is 8.42 Å². The van der Waals surface area contributed by atoms with Crippen molar-refractivity contribution >= 4 is 21.5 Å². The highest BCUT2D eigenvalue weighted by molar-refractivity contribution is 7.90. The Labute approximate surface area is 110 Å². The second-order valence-corrected chi connectivity index (χ2v) is 5.63. The van der Waals surface area contributed by atoms with Crippen molar-refractivity contribution in [2.75, 3.05) is 5.32 Å². The summed E-state index contributed by atoms with van der Waals surface area (Å²) in [6, 6.07) is 13.1. The quantitative estimate of drug-likeness (QED) is 0.779. The molecule has 5 nitrogen and oxygen atoms in total. The first-order valence-corrected chi connectivity index (χ1v) is 7.01. The molecule has 0 fully saturated rings. The number of phenols is 1. The van der Waals surface area contributed by atoms with Crippen LogP contribution >= 0.6 is 0 Å². The number of benzene rings is 2. The van der Waals surface area contributed by atoms with Crippen LogP contribution in [-0.2, 0) is 10.0 Å². The average Bonchev–Trinajstić information content (AvgIpc) is 2.65. The van der Waals surface area contributed by atoms with Crippen molar-refractivity contribution in [1.82, 2.24) is 0 Å². The highest BCUT2D eigenvalue weighted by Crippen LogP contribution is 2.29. The van der Waals surface area contributed by atoms with E-state index in [2.05, 4.69) is 9.71 Å². The van der Waals surface area contributed by atoms with Crippen LogP contribution < -0.4 is 5.32 Å². The van der Waals surface area contributed by atoms with Gasteiger partial charge in [0, 0.05) is 5.56 Å². The molecule has 0 aromatic heterocycles. The highest BCUT2D eigenvalue weighted by Gasteiger charge is 2.28. The van der Waals surface area contributed by atoms with E-state index >= 15 is 0 Å². The van der Waals surface area contributed by atoms with Crippen LogP contribution in [0.1, 0.15) is 5.56 Å². The normalized spacial score (nSPS) is 15.7.